The Balaban J connectivity index is 1.57. The molecule has 2 unspecified atom stereocenters. The van der Waals surface area contributed by atoms with Crippen LogP contribution >= 0.6 is 0 Å². The molecule has 1 aromatic heterocycles. The first-order chi connectivity index (χ1) is 18.6. The van der Waals surface area contributed by atoms with Gasteiger partial charge in [0, 0.05) is 49.2 Å². The molecule has 2 aromatic carbocycles. The highest BCUT2D eigenvalue weighted by atomic mass is 32.2. The van der Waals surface area contributed by atoms with E-state index in [1.165, 1.54) is 12.1 Å². The van der Waals surface area contributed by atoms with Crippen molar-refractivity contribution in [3.63, 3.8) is 0 Å². The van der Waals surface area contributed by atoms with Gasteiger partial charge in [0.2, 0.25) is 15.9 Å². The van der Waals surface area contributed by atoms with Gasteiger partial charge in [-0.1, -0.05) is 18.2 Å². The highest BCUT2D eigenvalue weighted by Crippen LogP contribution is 2.34. The number of amides is 1. The van der Waals surface area contributed by atoms with Crippen molar-refractivity contribution in [1.29, 1.82) is 0 Å². The fourth-order valence-corrected chi connectivity index (χ4v) is 6.73. The number of fused-ring (bicyclic) bond motifs is 1. The number of H-pyrrole nitrogens is 1. The first-order valence-electron chi connectivity index (χ1n) is 12.7. The van der Waals surface area contributed by atoms with Gasteiger partial charge in [-0.15, -0.1) is 0 Å². The Hall–Kier alpha value is -3.97. The lowest BCUT2D eigenvalue weighted by Crippen LogP contribution is -2.51. The van der Waals surface area contributed by atoms with Crippen molar-refractivity contribution in [3.05, 3.63) is 64.3 Å². The van der Waals surface area contributed by atoms with E-state index in [0.29, 0.717) is 30.8 Å². The molecule has 39 heavy (non-hydrogen) atoms. The van der Waals surface area contributed by atoms with Gasteiger partial charge in [-0.2, -0.15) is 4.31 Å². The van der Waals surface area contributed by atoms with E-state index in [-0.39, 0.29) is 30.0 Å². The van der Waals surface area contributed by atoms with Crippen LogP contribution in [0.15, 0.2) is 53.6 Å². The summed E-state index contributed by atoms with van der Waals surface area (Å²) in [6.07, 6.45) is 2.28. The Bertz CT molecular complexity index is 1500. The second kappa shape index (κ2) is 11.4. The number of benzene rings is 2. The molecule has 2 atom stereocenters. The minimum absolute atomic E-state index is 0.00354. The molecule has 208 valence electrons. The summed E-state index contributed by atoms with van der Waals surface area (Å²) in [5.74, 6) is -1.97. The maximum absolute atomic E-state index is 13.6. The van der Waals surface area contributed by atoms with E-state index in [9.17, 15) is 33.2 Å². The Morgan fingerprint density at radius 3 is 2.62 bits per heavy atom. The number of nitrogens with zero attached hydrogens (tertiary/aromatic N) is 3. The van der Waals surface area contributed by atoms with Gasteiger partial charge in [-0.25, -0.2) is 13.2 Å². The Kier molecular flexibility index (Phi) is 8.21. The van der Waals surface area contributed by atoms with Crippen LogP contribution in [-0.2, 0) is 26.0 Å². The summed E-state index contributed by atoms with van der Waals surface area (Å²) in [4.78, 5) is 40.9. The molecule has 3 aromatic rings. The molecule has 0 spiro atoms. The van der Waals surface area contributed by atoms with E-state index in [2.05, 4.69) is 10.3 Å². The number of sulfonamides is 1. The monoisotopic (exact) mass is 557 g/mol. The number of aliphatic carboxylic acids is 1. The molecular formula is C26H31N5O7S. The molecule has 13 heteroatoms. The normalized spacial score (nSPS) is 16.7. The van der Waals surface area contributed by atoms with Gasteiger partial charge in [0.05, 0.1) is 9.82 Å². The number of nitro groups is 1. The number of rotatable bonds is 11. The predicted molar refractivity (Wildman–Crippen MR) is 145 cm³/mol. The molecule has 1 fully saturated rings. The van der Waals surface area contributed by atoms with Gasteiger partial charge in [0.25, 0.3) is 5.69 Å². The van der Waals surface area contributed by atoms with E-state index >= 15 is 0 Å². The lowest BCUT2D eigenvalue weighted by molar-refractivity contribution is -0.384. The summed E-state index contributed by atoms with van der Waals surface area (Å²) in [5.41, 5.74) is 1.50. The SMILES string of the molecule is CCN(CC)c1ccc(S(=O)(=O)N2CCCC2C(=O)NC(Cc2c[nH]c3ccccc23)C(=O)O)cc1[N+](=O)[O-]. The third kappa shape index (κ3) is 5.59. The largest absolute Gasteiger partial charge is 0.480 e. The summed E-state index contributed by atoms with van der Waals surface area (Å²) in [5, 5.41) is 24.9. The third-order valence-electron chi connectivity index (χ3n) is 7.07. The Labute approximate surface area is 225 Å². The van der Waals surface area contributed by atoms with E-state index in [1.54, 1.807) is 11.1 Å². The van der Waals surface area contributed by atoms with Crippen LogP contribution in [0.5, 0.6) is 0 Å². The molecule has 0 radical (unpaired) electrons. The summed E-state index contributed by atoms with van der Waals surface area (Å²) >= 11 is 0. The van der Waals surface area contributed by atoms with Crippen molar-refractivity contribution in [2.24, 2.45) is 0 Å². The van der Waals surface area contributed by atoms with Gasteiger partial charge in [0.15, 0.2) is 0 Å². The van der Waals surface area contributed by atoms with Gasteiger partial charge >= 0.3 is 5.97 Å². The molecular weight excluding hydrogens is 526 g/mol. The van der Waals surface area contributed by atoms with Crippen molar-refractivity contribution >= 4 is 44.2 Å². The van der Waals surface area contributed by atoms with Crippen LogP contribution in [0.2, 0.25) is 0 Å². The smallest absolute Gasteiger partial charge is 0.326 e. The Morgan fingerprint density at radius 1 is 1.23 bits per heavy atom. The number of aromatic nitrogens is 1. The van der Waals surface area contributed by atoms with Crippen LogP contribution in [0.3, 0.4) is 0 Å². The highest BCUT2D eigenvalue weighted by molar-refractivity contribution is 7.89. The van der Waals surface area contributed by atoms with E-state index < -0.39 is 38.9 Å². The maximum Gasteiger partial charge on any atom is 0.326 e. The molecule has 1 saturated heterocycles. The van der Waals surface area contributed by atoms with Crippen molar-refractivity contribution < 1.29 is 28.0 Å². The average Bonchev–Trinajstić information content (AvgIpc) is 3.57. The number of hydrogen-bond donors (Lipinski definition) is 3. The topological polar surface area (TPSA) is 166 Å². The zero-order chi connectivity index (χ0) is 28.3. The number of carbonyl (C=O) groups is 2. The van der Waals surface area contributed by atoms with E-state index in [1.807, 2.05) is 38.1 Å². The van der Waals surface area contributed by atoms with Crippen LogP contribution in [0, 0.1) is 10.1 Å². The standard InChI is InChI=1S/C26H31N5O7S/c1-3-29(4-2)22-12-11-18(15-24(22)31(35)36)39(37,38)30-13-7-10-23(30)25(32)28-21(26(33)34)14-17-16-27-20-9-6-5-8-19(17)20/h5-6,8-9,11-12,15-16,21,23,27H,3-4,7,10,13-14H2,1-2H3,(H,28,32)(H,33,34). The summed E-state index contributed by atoms with van der Waals surface area (Å²) in [7, 11) is -4.28. The summed E-state index contributed by atoms with van der Waals surface area (Å²) in [6, 6.07) is 8.69. The van der Waals surface area contributed by atoms with Crippen LogP contribution in [0.25, 0.3) is 10.9 Å². The van der Waals surface area contributed by atoms with Crippen LogP contribution in [0.1, 0.15) is 32.3 Å². The number of carbonyl (C=O) groups excluding carboxylic acids is 1. The zero-order valence-corrected chi connectivity index (χ0v) is 22.5. The molecule has 0 aliphatic carbocycles. The number of para-hydroxylation sites is 1. The van der Waals surface area contributed by atoms with Crippen LogP contribution < -0.4 is 10.2 Å². The number of nitrogens with one attached hydrogen (secondary N) is 2. The number of carboxylic acids is 1. The molecule has 0 saturated carbocycles. The summed E-state index contributed by atoms with van der Waals surface area (Å²) in [6.45, 7) is 4.72. The number of aromatic amines is 1. The number of anilines is 1. The fraction of sp³-hybridized carbons (Fsp3) is 0.385. The maximum atomic E-state index is 13.6. The van der Waals surface area contributed by atoms with E-state index in [4.69, 9.17) is 0 Å². The van der Waals surface area contributed by atoms with Crippen molar-refractivity contribution in [2.45, 2.75) is 50.1 Å². The van der Waals surface area contributed by atoms with Crippen molar-refractivity contribution in [2.75, 3.05) is 24.5 Å². The highest BCUT2D eigenvalue weighted by Gasteiger charge is 2.41. The fourth-order valence-electron chi connectivity index (χ4n) is 5.06. The lowest BCUT2D eigenvalue weighted by atomic mass is 10.0. The zero-order valence-electron chi connectivity index (χ0n) is 21.7. The molecule has 1 aliphatic rings. The lowest BCUT2D eigenvalue weighted by Gasteiger charge is -2.25. The second-order valence-electron chi connectivity index (χ2n) is 9.32. The minimum Gasteiger partial charge on any atom is -0.480 e. The number of nitro benzene ring substituents is 1. The van der Waals surface area contributed by atoms with Gasteiger partial charge in [-0.3, -0.25) is 14.9 Å². The molecule has 1 aliphatic heterocycles. The van der Waals surface area contributed by atoms with E-state index in [0.717, 1.165) is 21.3 Å². The number of carboxylic acid groups (broad SMARTS) is 1. The van der Waals surface area contributed by atoms with Crippen LogP contribution in [-0.4, -0.2) is 71.3 Å². The minimum atomic E-state index is -4.28. The second-order valence-corrected chi connectivity index (χ2v) is 11.2. The first-order valence-corrected chi connectivity index (χ1v) is 14.2. The summed E-state index contributed by atoms with van der Waals surface area (Å²) < 4.78 is 28.1. The first kappa shape index (κ1) is 28.0. The third-order valence-corrected chi connectivity index (χ3v) is 8.98. The molecule has 2 heterocycles. The van der Waals surface area contributed by atoms with Gasteiger partial charge < -0.3 is 20.3 Å². The average molecular weight is 558 g/mol. The predicted octanol–water partition coefficient (Wildman–Crippen LogP) is 2.89. The molecule has 3 N–H and O–H groups in total. The molecule has 0 bridgehead atoms. The van der Waals surface area contributed by atoms with Gasteiger partial charge in [-0.05, 0) is 50.5 Å². The van der Waals surface area contributed by atoms with Crippen molar-refractivity contribution in [1.82, 2.24) is 14.6 Å². The molecule has 4 rings (SSSR count). The number of hydrogen-bond acceptors (Lipinski definition) is 7. The quantitative estimate of drug-likeness (QED) is 0.239. The van der Waals surface area contributed by atoms with Crippen molar-refractivity contribution in [3.8, 4) is 0 Å². The Morgan fingerprint density at radius 2 is 1.95 bits per heavy atom. The molecule has 12 nitrogen and oxygen atoms in total. The molecule has 1 amide bonds. The van der Waals surface area contributed by atoms with Crippen LogP contribution in [0.4, 0.5) is 11.4 Å². The van der Waals surface area contributed by atoms with Gasteiger partial charge in [0.1, 0.15) is 17.8 Å².